The first-order valence-corrected chi connectivity index (χ1v) is 7.80. The third kappa shape index (κ3) is 2.76. The maximum atomic E-state index is 9.89. The van der Waals surface area contributed by atoms with E-state index >= 15 is 0 Å². The van der Waals surface area contributed by atoms with E-state index in [0.717, 1.165) is 57.6 Å². The predicted molar refractivity (Wildman–Crippen MR) is 82.4 cm³/mol. The van der Waals surface area contributed by atoms with Crippen molar-refractivity contribution in [3.05, 3.63) is 29.3 Å². The first-order chi connectivity index (χ1) is 10.3. The summed E-state index contributed by atoms with van der Waals surface area (Å²) in [6.45, 7) is 4.02. The Kier molecular flexibility index (Phi) is 4.14. The summed E-state index contributed by atoms with van der Waals surface area (Å²) < 4.78 is 5.34. The van der Waals surface area contributed by atoms with Crippen molar-refractivity contribution in [2.75, 3.05) is 33.3 Å². The number of hydrogen-bond donors (Lipinski definition) is 1. The molecule has 0 radical (unpaired) electrons. The van der Waals surface area contributed by atoms with E-state index < -0.39 is 0 Å². The van der Waals surface area contributed by atoms with Gasteiger partial charge >= 0.3 is 0 Å². The van der Waals surface area contributed by atoms with E-state index in [4.69, 9.17) is 4.74 Å². The summed E-state index contributed by atoms with van der Waals surface area (Å²) in [4.78, 5) is 2.40. The van der Waals surface area contributed by atoms with Crippen LogP contribution < -0.4 is 10.1 Å². The second kappa shape index (κ2) is 6.05. The van der Waals surface area contributed by atoms with Crippen LogP contribution >= 0.6 is 0 Å². The lowest BCUT2D eigenvalue weighted by atomic mass is 9.77. The molecular formula is C17H23N3O. The normalized spacial score (nSPS) is 26.5. The quantitative estimate of drug-likeness (QED) is 0.899. The van der Waals surface area contributed by atoms with Crippen molar-refractivity contribution in [2.45, 2.75) is 31.2 Å². The lowest BCUT2D eigenvalue weighted by Crippen LogP contribution is -2.52. The molecule has 3 rings (SSSR count). The predicted octanol–water partition coefficient (Wildman–Crippen LogP) is 1.74. The third-order valence-electron chi connectivity index (χ3n) is 4.86. The summed E-state index contributed by atoms with van der Waals surface area (Å²) in [7, 11) is 1.70. The minimum atomic E-state index is -0.342. The lowest BCUT2D eigenvalue weighted by molar-refractivity contribution is 0.130. The van der Waals surface area contributed by atoms with Gasteiger partial charge in [-0.25, -0.2) is 0 Å². The Morgan fingerprint density at radius 3 is 3.00 bits per heavy atom. The molecule has 1 aliphatic heterocycles. The number of nitrogens with one attached hydrogen (secondary N) is 1. The molecule has 112 valence electrons. The van der Waals surface area contributed by atoms with E-state index in [0.29, 0.717) is 0 Å². The van der Waals surface area contributed by atoms with E-state index in [9.17, 15) is 5.26 Å². The maximum absolute atomic E-state index is 9.89. The average molecular weight is 285 g/mol. The van der Waals surface area contributed by atoms with Crippen LogP contribution in [-0.4, -0.2) is 43.7 Å². The van der Waals surface area contributed by atoms with Crippen LogP contribution in [0.2, 0.25) is 0 Å². The van der Waals surface area contributed by atoms with Gasteiger partial charge in [-0.3, -0.25) is 4.90 Å². The van der Waals surface area contributed by atoms with Crippen LogP contribution in [0.25, 0.3) is 0 Å². The number of aryl methyl sites for hydroxylation is 1. The standard InChI is InChI=1S/C17H23N3O/c1-21-16-4-3-14-5-6-17(13-18,12-15(14)11-16)20-9-2-7-19-8-10-20/h3-4,11,19H,2,5-10,12H2,1H3. The Bertz CT molecular complexity index is 543. The molecule has 1 N–H and O–H groups in total. The maximum Gasteiger partial charge on any atom is 0.119 e. The molecule has 1 aliphatic carbocycles. The fourth-order valence-electron chi connectivity index (χ4n) is 3.59. The molecule has 1 fully saturated rings. The number of nitrogens with zero attached hydrogens (tertiary/aromatic N) is 2. The van der Waals surface area contributed by atoms with Gasteiger partial charge in [-0.05, 0) is 49.1 Å². The Balaban J connectivity index is 1.88. The molecule has 0 saturated carbocycles. The second-order valence-corrected chi connectivity index (χ2v) is 6.05. The van der Waals surface area contributed by atoms with Gasteiger partial charge < -0.3 is 10.1 Å². The summed E-state index contributed by atoms with van der Waals surface area (Å²) >= 11 is 0. The van der Waals surface area contributed by atoms with E-state index in [1.807, 2.05) is 6.07 Å². The molecule has 2 aliphatic rings. The van der Waals surface area contributed by atoms with E-state index in [2.05, 4.69) is 28.4 Å². The van der Waals surface area contributed by atoms with Crippen molar-refractivity contribution in [3.63, 3.8) is 0 Å². The highest BCUT2D eigenvalue weighted by Gasteiger charge is 2.40. The van der Waals surface area contributed by atoms with Crippen molar-refractivity contribution < 1.29 is 4.74 Å². The van der Waals surface area contributed by atoms with Crippen LogP contribution in [0.4, 0.5) is 0 Å². The van der Waals surface area contributed by atoms with Gasteiger partial charge in [0.15, 0.2) is 0 Å². The van der Waals surface area contributed by atoms with Crippen molar-refractivity contribution in [3.8, 4) is 11.8 Å². The molecule has 21 heavy (non-hydrogen) atoms. The first kappa shape index (κ1) is 14.4. The second-order valence-electron chi connectivity index (χ2n) is 6.05. The molecule has 1 atom stereocenters. The van der Waals surface area contributed by atoms with Crippen molar-refractivity contribution in [1.29, 1.82) is 5.26 Å². The molecule has 0 aromatic heterocycles. The number of rotatable bonds is 2. The van der Waals surface area contributed by atoms with E-state index in [1.165, 1.54) is 11.1 Å². The summed E-state index contributed by atoms with van der Waals surface area (Å²) in [6.07, 6.45) is 3.85. The monoisotopic (exact) mass is 285 g/mol. The number of nitriles is 1. The zero-order chi connectivity index (χ0) is 14.7. The Morgan fingerprint density at radius 1 is 1.29 bits per heavy atom. The molecule has 4 heteroatoms. The number of methoxy groups -OCH3 is 1. The highest BCUT2D eigenvalue weighted by Crippen LogP contribution is 2.35. The molecule has 4 nitrogen and oxygen atoms in total. The minimum absolute atomic E-state index is 0.342. The minimum Gasteiger partial charge on any atom is -0.497 e. The molecule has 1 aromatic rings. The van der Waals surface area contributed by atoms with Crippen molar-refractivity contribution in [2.24, 2.45) is 0 Å². The van der Waals surface area contributed by atoms with Crippen LogP contribution in [0.5, 0.6) is 5.75 Å². The zero-order valence-corrected chi connectivity index (χ0v) is 12.7. The number of hydrogen-bond acceptors (Lipinski definition) is 4. The van der Waals surface area contributed by atoms with Gasteiger partial charge in [0.1, 0.15) is 11.3 Å². The molecule has 0 amide bonds. The lowest BCUT2D eigenvalue weighted by Gasteiger charge is -2.41. The van der Waals surface area contributed by atoms with Gasteiger partial charge in [-0.2, -0.15) is 5.26 Å². The van der Waals surface area contributed by atoms with E-state index in [-0.39, 0.29) is 5.54 Å². The Labute approximate surface area is 126 Å². The van der Waals surface area contributed by atoms with Crippen LogP contribution in [0.1, 0.15) is 24.0 Å². The average Bonchev–Trinajstić information content (AvgIpc) is 2.83. The molecule has 1 saturated heterocycles. The van der Waals surface area contributed by atoms with Crippen molar-refractivity contribution >= 4 is 0 Å². The largest absolute Gasteiger partial charge is 0.497 e. The smallest absolute Gasteiger partial charge is 0.119 e. The summed E-state index contributed by atoms with van der Waals surface area (Å²) in [5.41, 5.74) is 2.31. The van der Waals surface area contributed by atoms with E-state index in [1.54, 1.807) is 7.11 Å². The first-order valence-electron chi connectivity index (χ1n) is 7.80. The summed E-state index contributed by atoms with van der Waals surface area (Å²) in [5, 5.41) is 13.3. The molecule has 0 bridgehead atoms. The Morgan fingerprint density at radius 2 is 2.19 bits per heavy atom. The molecule has 1 heterocycles. The summed E-state index contributed by atoms with van der Waals surface area (Å²) in [6, 6.07) is 8.93. The zero-order valence-electron chi connectivity index (χ0n) is 12.7. The third-order valence-corrected chi connectivity index (χ3v) is 4.86. The van der Waals surface area contributed by atoms with Crippen LogP contribution in [-0.2, 0) is 12.8 Å². The number of benzene rings is 1. The van der Waals surface area contributed by atoms with Gasteiger partial charge in [-0.15, -0.1) is 0 Å². The number of ether oxygens (including phenoxy) is 1. The Hall–Kier alpha value is -1.57. The highest BCUT2D eigenvalue weighted by molar-refractivity contribution is 5.40. The summed E-state index contributed by atoms with van der Waals surface area (Å²) in [5.74, 6) is 0.889. The molecular weight excluding hydrogens is 262 g/mol. The fourth-order valence-corrected chi connectivity index (χ4v) is 3.59. The van der Waals surface area contributed by atoms with Crippen LogP contribution in [0.15, 0.2) is 18.2 Å². The highest BCUT2D eigenvalue weighted by atomic mass is 16.5. The molecule has 1 aromatic carbocycles. The van der Waals surface area contributed by atoms with Gasteiger partial charge in [0.25, 0.3) is 0 Å². The SMILES string of the molecule is COc1ccc2c(c1)CC(C#N)(N1CCCNCC1)CC2. The van der Waals surface area contributed by atoms with Gasteiger partial charge in [0.05, 0.1) is 13.2 Å². The van der Waals surface area contributed by atoms with Crippen molar-refractivity contribution in [1.82, 2.24) is 10.2 Å². The van der Waals surface area contributed by atoms with Gasteiger partial charge in [0.2, 0.25) is 0 Å². The van der Waals surface area contributed by atoms with Crippen LogP contribution in [0, 0.1) is 11.3 Å². The topological polar surface area (TPSA) is 48.3 Å². The fraction of sp³-hybridized carbons (Fsp3) is 0.588. The van der Waals surface area contributed by atoms with Gasteiger partial charge in [0, 0.05) is 26.1 Å². The van der Waals surface area contributed by atoms with Gasteiger partial charge in [-0.1, -0.05) is 6.07 Å². The molecule has 1 unspecified atom stereocenters. The molecule has 0 spiro atoms. The number of fused-ring (bicyclic) bond motifs is 1. The van der Waals surface area contributed by atoms with Crippen LogP contribution in [0.3, 0.4) is 0 Å².